The number of hydrogen-bond donors (Lipinski definition) is 0. The molecule has 0 spiro atoms. The van der Waals surface area contributed by atoms with Crippen molar-refractivity contribution in [1.82, 2.24) is 20.0 Å². The number of pyridine rings is 1. The van der Waals surface area contributed by atoms with E-state index in [2.05, 4.69) is 15.1 Å². The Kier molecular flexibility index (Phi) is 6.26. The Balaban J connectivity index is 1.69. The minimum atomic E-state index is 0.490. The molecule has 3 aromatic rings. The molecule has 3 rings (SSSR count). The summed E-state index contributed by atoms with van der Waals surface area (Å²) in [6.07, 6.45) is 3.39. The van der Waals surface area contributed by atoms with E-state index >= 15 is 0 Å². The largest absolute Gasteiger partial charge is 0.493 e. The summed E-state index contributed by atoms with van der Waals surface area (Å²) in [5.41, 5.74) is 1.79. The zero-order chi connectivity index (χ0) is 19.2. The highest BCUT2D eigenvalue weighted by atomic mass is 35.5. The SMILES string of the molecule is CCOc1cc(Cl)c(CN(C)Cc2nc(-c3ccncc3)no2)cc1OC. The fourth-order valence-electron chi connectivity index (χ4n) is 2.64. The number of hydrogen-bond acceptors (Lipinski definition) is 7. The van der Waals surface area contributed by atoms with Crippen molar-refractivity contribution in [3.05, 3.63) is 53.1 Å². The molecule has 7 nitrogen and oxygen atoms in total. The monoisotopic (exact) mass is 388 g/mol. The lowest BCUT2D eigenvalue weighted by Crippen LogP contribution is -2.17. The van der Waals surface area contributed by atoms with E-state index in [1.165, 1.54) is 0 Å². The van der Waals surface area contributed by atoms with Gasteiger partial charge in [0.1, 0.15) is 0 Å². The van der Waals surface area contributed by atoms with E-state index < -0.39 is 0 Å². The van der Waals surface area contributed by atoms with E-state index in [-0.39, 0.29) is 0 Å². The Morgan fingerprint density at radius 2 is 1.93 bits per heavy atom. The van der Waals surface area contributed by atoms with Gasteiger partial charge < -0.3 is 14.0 Å². The fraction of sp³-hybridized carbons (Fsp3) is 0.316. The maximum absolute atomic E-state index is 6.41. The van der Waals surface area contributed by atoms with Gasteiger partial charge in [-0.05, 0) is 37.7 Å². The maximum atomic E-state index is 6.41. The van der Waals surface area contributed by atoms with Crippen molar-refractivity contribution >= 4 is 11.6 Å². The van der Waals surface area contributed by atoms with Crippen LogP contribution in [0.1, 0.15) is 18.4 Å². The van der Waals surface area contributed by atoms with Gasteiger partial charge in [-0.2, -0.15) is 4.98 Å². The Hall–Kier alpha value is -2.64. The molecule has 1 aromatic carbocycles. The molecule has 0 aliphatic heterocycles. The van der Waals surface area contributed by atoms with Crippen LogP contribution in [-0.2, 0) is 13.1 Å². The average molecular weight is 389 g/mol. The molecule has 0 aliphatic carbocycles. The molecular weight excluding hydrogens is 368 g/mol. The maximum Gasteiger partial charge on any atom is 0.241 e. The van der Waals surface area contributed by atoms with E-state index in [9.17, 15) is 0 Å². The number of rotatable bonds is 8. The molecule has 27 heavy (non-hydrogen) atoms. The van der Waals surface area contributed by atoms with Gasteiger partial charge >= 0.3 is 0 Å². The van der Waals surface area contributed by atoms with Crippen LogP contribution in [0.3, 0.4) is 0 Å². The van der Waals surface area contributed by atoms with Crippen LogP contribution < -0.4 is 9.47 Å². The van der Waals surface area contributed by atoms with Gasteiger partial charge in [-0.15, -0.1) is 0 Å². The number of ether oxygens (including phenoxy) is 2. The molecular formula is C19H21ClN4O3. The lowest BCUT2D eigenvalue weighted by atomic mass is 10.2. The van der Waals surface area contributed by atoms with E-state index in [0.717, 1.165) is 11.1 Å². The van der Waals surface area contributed by atoms with Crippen molar-refractivity contribution in [2.45, 2.75) is 20.0 Å². The van der Waals surface area contributed by atoms with E-state index in [1.54, 1.807) is 25.6 Å². The van der Waals surface area contributed by atoms with Gasteiger partial charge in [-0.3, -0.25) is 9.88 Å². The highest BCUT2D eigenvalue weighted by Gasteiger charge is 2.15. The summed E-state index contributed by atoms with van der Waals surface area (Å²) in [4.78, 5) is 10.5. The summed E-state index contributed by atoms with van der Waals surface area (Å²) >= 11 is 6.41. The molecule has 2 heterocycles. The molecule has 2 aromatic heterocycles. The van der Waals surface area contributed by atoms with Crippen LogP contribution in [0.25, 0.3) is 11.4 Å². The van der Waals surface area contributed by atoms with Gasteiger partial charge in [0, 0.05) is 35.6 Å². The number of halogens is 1. The summed E-state index contributed by atoms with van der Waals surface area (Å²) in [7, 11) is 3.56. The summed E-state index contributed by atoms with van der Waals surface area (Å²) in [5, 5.41) is 4.64. The van der Waals surface area contributed by atoms with Crippen LogP contribution in [0.2, 0.25) is 5.02 Å². The first-order valence-corrected chi connectivity index (χ1v) is 8.89. The topological polar surface area (TPSA) is 73.5 Å². The molecule has 0 bridgehead atoms. The lowest BCUT2D eigenvalue weighted by Gasteiger charge is -2.17. The van der Waals surface area contributed by atoms with Crippen LogP contribution >= 0.6 is 11.6 Å². The first-order valence-electron chi connectivity index (χ1n) is 8.51. The summed E-state index contributed by atoms with van der Waals surface area (Å²) in [6, 6.07) is 7.34. The van der Waals surface area contributed by atoms with E-state index in [4.69, 9.17) is 25.6 Å². The molecule has 0 unspecified atom stereocenters. The summed E-state index contributed by atoms with van der Waals surface area (Å²) in [5.74, 6) is 2.36. The molecule has 0 fully saturated rings. The zero-order valence-corrected chi connectivity index (χ0v) is 16.2. The van der Waals surface area contributed by atoms with E-state index in [1.807, 2.05) is 37.1 Å². The third kappa shape index (κ3) is 4.75. The van der Waals surface area contributed by atoms with Crippen molar-refractivity contribution in [2.24, 2.45) is 0 Å². The quantitative estimate of drug-likeness (QED) is 0.580. The second kappa shape index (κ2) is 8.83. The van der Waals surface area contributed by atoms with Crippen LogP contribution in [0.5, 0.6) is 11.5 Å². The molecule has 0 aliphatic rings. The summed E-state index contributed by atoms with van der Waals surface area (Å²) in [6.45, 7) is 3.54. The third-order valence-corrected chi connectivity index (χ3v) is 4.24. The Labute approximate surface area is 162 Å². The molecule has 8 heteroatoms. The standard InChI is InChI=1S/C19H21ClN4O3/c1-4-26-17-10-15(20)14(9-16(17)25-3)11-24(2)12-18-22-19(23-27-18)13-5-7-21-8-6-13/h5-10H,4,11-12H2,1-3H3. The second-order valence-electron chi connectivity index (χ2n) is 5.95. The minimum Gasteiger partial charge on any atom is -0.493 e. The molecule has 142 valence electrons. The zero-order valence-electron chi connectivity index (χ0n) is 15.5. The molecule has 0 N–H and O–H groups in total. The Morgan fingerprint density at radius 3 is 2.63 bits per heavy atom. The van der Waals surface area contributed by atoms with Gasteiger partial charge in [-0.1, -0.05) is 16.8 Å². The van der Waals surface area contributed by atoms with Crippen molar-refractivity contribution < 1.29 is 14.0 Å². The van der Waals surface area contributed by atoms with Gasteiger partial charge in [0.25, 0.3) is 0 Å². The lowest BCUT2D eigenvalue weighted by molar-refractivity contribution is 0.260. The van der Waals surface area contributed by atoms with Gasteiger partial charge in [-0.25, -0.2) is 0 Å². The van der Waals surface area contributed by atoms with Gasteiger partial charge in [0.05, 0.1) is 20.3 Å². The summed E-state index contributed by atoms with van der Waals surface area (Å²) < 4.78 is 16.3. The fourth-order valence-corrected chi connectivity index (χ4v) is 2.85. The molecule has 0 saturated heterocycles. The van der Waals surface area contributed by atoms with Gasteiger partial charge in [0.15, 0.2) is 11.5 Å². The van der Waals surface area contributed by atoms with Crippen molar-refractivity contribution in [3.63, 3.8) is 0 Å². The van der Waals surface area contributed by atoms with Crippen molar-refractivity contribution in [1.29, 1.82) is 0 Å². The normalized spacial score (nSPS) is 11.0. The minimum absolute atomic E-state index is 0.490. The highest BCUT2D eigenvalue weighted by Crippen LogP contribution is 2.34. The van der Waals surface area contributed by atoms with Crippen molar-refractivity contribution in [2.75, 3.05) is 20.8 Å². The molecule has 0 amide bonds. The first kappa shape index (κ1) is 19.1. The highest BCUT2D eigenvalue weighted by molar-refractivity contribution is 6.31. The van der Waals surface area contributed by atoms with E-state index in [0.29, 0.717) is 47.9 Å². The van der Waals surface area contributed by atoms with Crippen molar-refractivity contribution in [3.8, 4) is 22.9 Å². The third-order valence-electron chi connectivity index (χ3n) is 3.88. The smallest absolute Gasteiger partial charge is 0.241 e. The second-order valence-corrected chi connectivity index (χ2v) is 6.35. The molecule has 0 radical (unpaired) electrons. The first-order chi connectivity index (χ1) is 13.1. The van der Waals surface area contributed by atoms with Crippen LogP contribution in [-0.4, -0.2) is 40.8 Å². The van der Waals surface area contributed by atoms with Crippen LogP contribution in [0.15, 0.2) is 41.2 Å². The van der Waals surface area contributed by atoms with Crippen LogP contribution in [0, 0.1) is 0 Å². The predicted octanol–water partition coefficient (Wildman–Crippen LogP) is 3.82. The average Bonchev–Trinajstić information content (AvgIpc) is 3.13. The predicted molar refractivity (Wildman–Crippen MR) is 102 cm³/mol. The number of methoxy groups -OCH3 is 1. The number of aromatic nitrogens is 3. The Morgan fingerprint density at radius 1 is 1.15 bits per heavy atom. The number of benzene rings is 1. The van der Waals surface area contributed by atoms with Gasteiger partial charge in [0.2, 0.25) is 11.7 Å². The number of nitrogens with zero attached hydrogens (tertiary/aromatic N) is 4. The molecule has 0 saturated carbocycles. The molecule has 0 atom stereocenters. The van der Waals surface area contributed by atoms with Crippen LogP contribution in [0.4, 0.5) is 0 Å². The Bertz CT molecular complexity index is 886.